The van der Waals surface area contributed by atoms with Gasteiger partial charge in [0.2, 0.25) is 0 Å². The predicted octanol–water partition coefficient (Wildman–Crippen LogP) is 1.54. The molecular weight excluding hydrogens is 274 g/mol. The van der Waals surface area contributed by atoms with E-state index in [0.717, 1.165) is 19.3 Å². The summed E-state index contributed by atoms with van der Waals surface area (Å²) < 4.78 is 0. The lowest BCUT2D eigenvalue weighted by Gasteiger charge is -2.07. The van der Waals surface area contributed by atoms with Crippen molar-refractivity contribution in [1.29, 1.82) is 0 Å². The molecule has 1 aliphatic heterocycles. The normalized spacial score (nSPS) is 17.9. The van der Waals surface area contributed by atoms with Gasteiger partial charge in [0, 0.05) is 12.1 Å². The molecule has 3 N–H and O–H groups in total. The lowest BCUT2D eigenvalue weighted by Crippen LogP contribution is -2.24. The number of thioether (sulfide) groups is 1. The maximum Gasteiger partial charge on any atom is 0.261 e. The minimum absolute atomic E-state index is 0.0653. The average Bonchev–Trinajstić information content (AvgIpc) is 2.77. The summed E-state index contributed by atoms with van der Waals surface area (Å²) in [5, 5.41) is 3.08. The Labute approximate surface area is 122 Å². The van der Waals surface area contributed by atoms with Crippen molar-refractivity contribution in [3.05, 3.63) is 35.9 Å². The van der Waals surface area contributed by atoms with Crippen LogP contribution in [0.3, 0.4) is 0 Å². The van der Waals surface area contributed by atoms with Crippen molar-refractivity contribution in [2.45, 2.75) is 24.5 Å². The van der Waals surface area contributed by atoms with Gasteiger partial charge in [-0.3, -0.25) is 9.59 Å². The fraction of sp³-hybridized carbons (Fsp3) is 0.357. The highest BCUT2D eigenvalue weighted by atomic mass is 32.2. The van der Waals surface area contributed by atoms with E-state index in [2.05, 4.69) is 10.3 Å². The molecule has 0 aromatic heterocycles. The Morgan fingerprint density at radius 1 is 1.30 bits per heavy atom. The third kappa shape index (κ3) is 4.09. The number of carbonyl (C=O) groups excluding carboxylic acids is 2. The van der Waals surface area contributed by atoms with Crippen molar-refractivity contribution in [2.75, 3.05) is 6.54 Å². The number of unbranched alkanes of at least 4 members (excludes halogenated alkanes) is 1. The van der Waals surface area contributed by atoms with Crippen LogP contribution in [-0.2, 0) is 4.79 Å². The number of rotatable bonds is 6. The molecule has 0 spiro atoms. The molecule has 0 bridgehead atoms. The zero-order chi connectivity index (χ0) is 14.4. The van der Waals surface area contributed by atoms with Gasteiger partial charge in [-0.25, -0.2) is 0 Å². The van der Waals surface area contributed by atoms with Gasteiger partial charge < -0.3 is 11.1 Å². The first-order valence-corrected chi connectivity index (χ1v) is 7.42. The van der Waals surface area contributed by atoms with Crippen LogP contribution >= 0.6 is 11.8 Å². The van der Waals surface area contributed by atoms with Crippen molar-refractivity contribution in [1.82, 2.24) is 5.32 Å². The Bertz CT molecular complexity index is 516. The molecule has 0 aliphatic carbocycles. The third-order valence-electron chi connectivity index (χ3n) is 2.97. The van der Waals surface area contributed by atoms with E-state index in [9.17, 15) is 9.59 Å². The second-order valence-corrected chi connectivity index (χ2v) is 5.74. The average molecular weight is 291 g/mol. The molecule has 20 heavy (non-hydrogen) atoms. The first kappa shape index (κ1) is 14.6. The first-order valence-electron chi connectivity index (χ1n) is 6.55. The Balaban J connectivity index is 1.61. The zero-order valence-corrected chi connectivity index (χ0v) is 11.9. The van der Waals surface area contributed by atoms with Crippen molar-refractivity contribution in [2.24, 2.45) is 10.7 Å². The molecule has 1 aliphatic rings. The monoisotopic (exact) mass is 291 g/mol. The van der Waals surface area contributed by atoms with E-state index in [-0.39, 0.29) is 17.1 Å². The van der Waals surface area contributed by atoms with Gasteiger partial charge in [0.1, 0.15) is 0 Å². The standard InChI is InChI=1S/C14H17N3O2S/c15-14-17-13(19)11(20-14)8-4-5-9-16-12(18)10-6-2-1-3-7-10/h1-3,6-7,11H,4-5,8-9H2,(H,16,18)(H2,15,17,19)/t11-/m0/s1. The van der Waals surface area contributed by atoms with Crippen molar-refractivity contribution < 1.29 is 9.59 Å². The molecule has 1 heterocycles. The van der Waals surface area contributed by atoms with Gasteiger partial charge in [-0.2, -0.15) is 4.99 Å². The van der Waals surface area contributed by atoms with Crippen molar-refractivity contribution in [3.63, 3.8) is 0 Å². The summed E-state index contributed by atoms with van der Waals surface area (Å²) in [6.07, 6.45) is 2.44. The molecule has 1 aromatic carbocycles. The summed E-state index contributed by atoms with van der Waals surface area (Å²) in [6.45, 7) is 0.607. The van der Waals surface area contributed by atoms with E-state index in [0.29, 0.717) is 17.3 Å². The topological polar surface area (TPSA) is 84.5 Å². The molecule has 6 heteroatoms. The van der Waals surface area contributed by atoms with Crippen LogP contribution in [0.4, 0.5) is 0 Å². The molecule has 106 valence electrons. The lowest BCUT2D eigenvalue weighted by molar-refractivity contribution is -0.117. The highest BCUT2D eigenvalue weighted by Crippen LogP contribution is 2.24. The van der Waals surface area contributed by atoms with E-state index >= 15 is 0 Å². The number of aliphatic imine (C=N–C) groups is 1. The van der Waals surface area contributed by atoms with E-state index in [1.807, 2.05) is 18.2 Å². The highest BCUT2D eigenvalue weighted by Gasteiger charge is 2.25. The van der Waals surface area contributed by atoms with E-state index < -0.39 is 0 Å². The SMILES string of the molecule is NC1=NC(=O)[C@H](CCCCNC(=O)c2ccccc2)S1. The molecule has 2 amide bonds. The van der Waals surface area contributed by atoms with Gasteiger partial charge in [-0.1, -0.05) is 36.4 Å². The predicted molar refractivity (Wildman–Crippen MR) is 80.6 cm³/mol. The molecule has 2 rings (SSSR count). The number of hydrogen-bond acceptors (Lipinski definition) is 4. The number of benzene rings is 1. The summed E-state index contributed by atoms with van der Waals surface area (Å²) in [6, 6.07) is 9.11. The molecule has 1 aromatic rings. The van der Waals surface area contributed by atoms with Crippen LogP contribution in [0.25, 0.3) is 0 Å². The fourth-order valence-electron chi connectivity index (χ4n) is 1.93. The summed E-state index contributed by atoms with van der Waals surface area (Å²) in [7, 11) is 0. The van der Waals surface area contributed by atoms with Gasteiger partial charge in [0.15, 0.2) is 5.17 Å². The number of amidine groups is 1. The maximum absolute atomic E-state index is 11.8. The van der Waals surface area contributed by atoms with Gasteiger partial charge in [0.05, 0.1) is 5.25 Å². The van der Waals surface area contributed by atoms with Gasteiger partial charge >= 0.3 is 0 Å². The quantitative estimate of drug-likeness (QED) is 0.779. The van der Waals surface area contributed by atoms with Crippen LogP contribution in [0.5, 0.6) is 0 Å². The minimum atomic E-state index is -0.139. The van der Waals surface area contributed by atoms with E-state index in [1.54, 1.807) is 12.1 Å². The van der Waals surface area contributed by atoms with Gasteiger partial charge in [-0.15, -0.1) is 0 Å². The van der Waals surface area contributed by atoms with Crippen LogP contribution in [0.15, 0.2) is 35.3 Å². The van der Waals surface area contributed by atoms with E-state index in [4.69, 9.17) is 5.73 Å². The number of nitrogens with one attached hydrogen (secondary N) is 1. The smallest absolute Gasteiger partial charge is 0.261 e. The molecule has 1 atom stereocenters. The Morgan fingerprint density at radius 3 is 2.70 bits per heavy atom. The summed E-state index contributed by atoms with van der Waals surface area (Å²) >= 11 is 1.33. The van der Waals surface area contributed by atoms with Gasteiger partial charge in [0.25, 0.3) is 11.8 Å². The Hall–Kier alpha value is -1.82. The molecule has 5 nitrogen and oxygen atoms in total. The summed E-state index contributed by atoms with van der Waals surface area (Å²) in [5.41, 5.74) is 6.15. The first-order chi connectivity index (χ1) is 9.66. The van der Waals surface area contributed by atoms with Crippen LogP contribution in [0.1, 0.15) is 29.6 Å². The Kier molecular flexibility index (Phi) is 5.17. The number of nitrogens with zero attached hydrogens (tertiary/aromatic N) is 1. The Morgan fingerprint density at radius 2 is 2.05 bits per heavy atom. The molecule has 0 radical (unpaired) electrons. The molecule has 0 saturated heterocycles. The maximum atomic E-state index is 11.8. The second kappa shape index (κ2) is 7.09. The van der Waals surface area contributed by atoms with E-state index in [1.165, 1.54) is 11.8 Å². The molecule has 0 fully saturated rings. The third-order valence-corrected chi connectivity index (χ3v) is 4.03. The minimum Gasteiger partial charge on any atom is -0.378 e. The van der Waals surface area contributed by atoms with Crippen molar-refractivity contribution in [3.8, 4) is 0 Å². The van der Waals surface area contributed by atoms with Crippen molar-refractivity contribution >= 4 is 28.7 Å². The number of hydrogen-bond donors (Lipinski definition) is 2. The fourth-order valence-corrected chi connectivity index (χ4v) is 2.81. The number of amides is 2. The van der Waals surface area contributed by atoms with Crippen LogP contribution < -0.4 is 11.1 Å². The highest BCUT2D eigenvalue weighted by molar-refractivity contribution is 8.15. The van der Waals surface area contributed by atoms with Crippen LogP contribution in [-0.4, -0.2) is 28.8 Å². The number of nitrogens with two attached hydrogens (primary N) is 1. The summed E-state index contributed by atoms with van der Waals surface area (Å²) in [5.74, 6) is -0.203. The second-order valence-electron chi connectivity index (χ2n) is 4.51. The van der Waals surface area contributed by atoms with Crippen LogP contribution in [0.2, 0.25) is 0 Å². The zero-order valence-electron chi connectivity index (χ0n) is 11.0. The lowest BCUT2D eigenvalue weighted by atomic mass is 10.1. The number of carbonyl (C=O) groups is 2. The molecule has 0 saturated carbocycles. The molecular formula is C14H17N3O2S. The summed E-state index contributed by atoms with van der Waals surface area (Å²) in [4.78, 5) is 26.8. The van der Waals surface area contributed by atoms with Crippen LogP contribution in [0, 0.1) is 0 Å². The molecule has 0 unspecified atom stereocenters. The van der Waals surface area contributed by atoms with Gasteiger partial charge in [-0.05, 0) is 25.0 Å². The largest absolute Gasteiger partial charge is 0.378 e.